The molecule has 0 fully saturated rings. The van der Waals surface area contributed by atoms with E-state index < -0.39 is 8.24 Å². The van der Waals surface area contributed by atoms with Crippen molar-refractivity contribution in [2.45, 2.75) is 46.2 Å². The smallest absolute Gasteiger partial charge is 1.00 e. The average molecular weight is 365 g/mol. The zero-order valence-corrected chi connectivity index (χ0v) is 19.3. The second kappa shape index (κ2) is 11.3. The van der Waals surface area contributed by atoms with Crippen LogP contribution in [0.3, 0.4) is 0 Å². The number of nitrogens with one attached hydrogen (secondary N) is 1. The zero-order valence-electron chi connectivity index (χ0n) is 20.3. The molecule has 4 heteroatoms. The molecule has 27 heavy (non-hydrogen) atoms. The molecule has 1 N–H and O–H groups in total. The van der Waals surface area contributed by atoms with Gasteiger partial charge < -0.3 is 7.84 Å². The third kappa shape index (κ3) is 7.67. The minimum absolute atomic E-state index is 0. The Bertz CT molecular complexity index is 705. The average Bonchev–Trinajstić information content (AvgIpc) is 2.54. The molecule has 0 saturated heterocycles. The van der Waals surface area contributed by atoms with Gasteiger partial charge in [-0.1, -0.05) is 84.5 Å². The van der Waals surface area contributed by atoms with Gasteiger partial charge in [0.05, 0.1) is 0 Å². The maximum Gasteiger partial charge on any atom is 1.00 e. The molecule has 0 aromatic heterocycles. The van der Waals surface area contributed by atoms with Crippen LogP contribution in [0.5, 0.6) is 0 Å². The van der Waals surface area contributed by atoms with E-state index in [0.29, 0.717) is 0 Å². The minimum atomic E-state index is -2.17. The molecular formula is C23H33Li2NSi. The fraction of sp³-hybridized carbons (Fsp3) is 0.304. The van der Waals surface area contributed by atoms with E-state index in [1.54, 1.807) is 0 Å². The molecule has 0 bridgehead atoms. The molecule has 136 valence electrons. The van der Waals surface area contributed by atoms with Crippen LogP contribution >= 0.6 is 0 Å². The first kappa shape index (κ1) is 26.3. The molecule has 1 nitrogen and oxygen atoms in total. The van der Waals surface area contributed by atoms with Gasteiger partial charge in [-0.05, 0) is 51.0 Å². The van der Waals surface area contributed by atoms with Crippen LogP contribution in [-0.4, -0.2) is 13.8 Å². The predicted molar refractivity (Wildman–Crippen MR) is 116 cm³/mol. The maximum absolute atomic E-state index is 4.07. The molecule has 0 saturated carbocycles. The monoisotopic (exact) mass is 365 g/mol. The van der Waals surface area contributed by atoms with Crippen LogP contribution in [0.1, 0.15) is 37.5 Å². The number of rotatable bonds is 6. The number of hydrogen-bond donors (Lipinski definition) is 1. The van der Waals surface area contributed by atoms with Crippen LogP contribution < -0.4 is 53.1 Å². The molecule has 2 rings (SSSR count). The Labute approximate surface area is 194 Å². The van der Waals surface area contributed by atoms with Gasteiger partial charge in [-0.3, -0.25) is 0 Å². The second-order valence-electron chi connectivity index (χ2n) is 8.03. The van der Waals surface area contributed by atoms with Gasteiger partial charge in [0.15, 0.2) is 8.24 Å². The third-order valence-electron chi connectivity index (χ3n) is 4.16. The summed E-state index contributed by atoms with van der Waals surface area (Å²) in [6.07, 6.45) is 2.22. The normalized spacial score (nSPS) is 12.0. The molecule has 0 aliphatic heterocycles. The summed E-state index contributed by atoms with van der Waals surface area (Å²) in [4.78, 5) is 4.07. The van der Waals surface area contributed by atoms with Gasteiger partial charge in [-0.2, -0.15) is 0 Å². The fourth-order valence-corrected chi connectivity index (χ4v) is 8.40. The van der Waals surface area contributed by atoms with E-state index in [0.717, 1.165) is 11.6 Å². The van der Waals surface area contributed by atoms with E-state index in [4.69, 9.17) is 0 Å². The van der Waals surface area contributed by atoms with Gasteiger partial charge in [0.1, 0.15) is 0 Å². The summed E-state index contributed by atoms with van der Waals surface area (Å²) < 4.78 is 0. The summed E-state index contributed by atoms with van der Waals surface area (Å²) in [6.45, 7) is 15.1. The van der Waals surface area contributed by atoms with E-state index in [-0.39, 0.29) is 46.1 Å². The summed E-state index contributed by atoms with van der Waals surface area (Å²) in [5.41, 5.74) is 2.52. The van der Waals surface area contributed by atoms with Gasteiger partial charge in [0, 0.05) is 5.54 Å². The van der Waals surface area contributed by atoms with E-state index in [1.165, 1.54) is 15.9 Å². The predicted octanol–water partition coefficient (Wildman–Crippen LogP) is -1.11. The van der Waals surface area contributed by atoms with Crippen LogP contribution in [0.15, 0.2) is 84.5 Å². The summed E-state index contributed by atoms with van der Waals surface area (Å²) in [5, 5.41) is 2.84. The Hall–Kier alpha value is -0.708. The van der Waals surface area contributed by atoms with Crippen molar-refractivity contribution in [2.24, 2.45) is 0 Å². The van der Waals surface area contributed by atoms with Crippen LogP contribution in [0.4, 0.5) is 0 Å². The van der Waals surface area contributed by atoms with Crippen molar-refractivity contribution in [1.82, 2.24) is 4.98 Å². The second-order valence-corrected chi connectivity index (χ2v) is 11.6. The Balaban J connectivity index is -0.00000169. The van der Waals surface area contributed by atoms with Crippen molar-refractivity contribution < 1.29 is 40.6 Å². The van der Waals surface area contributed by atoms with Gasteiger partial charge in [0.25, 0.3) is 0 Å². The quantitative estimate of drug-likeness (QED) is 0.506. The molecule has 0 unspecified atom stereocenters. The van der Waals surface area contributed by atoms with Crippen molar-refractivity contribution >= 4 is 18.6 Å². The standard InChI is InChI=1S/C23H31NSi.2Li.2H/c1-19(2)17-20(3)18-25(24-23(4,5)6,21-13-9-7-10-14-21)22-15-11-8-12-16-22;;;;/h7-17,24H,1,18H2,2-6H3;;;;/q;2*+1;2*-1. The molecule has 0 atom stereocenters. The largest absolute Gasteiger partial charge is 1.00 e. The van der Waals surface area contributed by atoms with Crippen LogP contribution in [0, 0.1) is 0 Å². The minimum Gasteiger partial charge on any atom is -1.00 e. The van der Waals surface area contributed by atoms with E-state index in [1.807, 2.05) is 0 Å². The van der Waals surface area contributed by atoms with Crippen LogP contribution in [-0.2, 0) is 0 Å². The number of hydrogen-bond acceptors (Lipinski definition) is 1. The molecule has 0 spiro atoms. The Morgan fingerprint density at radius 1 is 0.926 bits per heavy atom. The van der Waals surface area contributed by atoms with Gasteiger partial charge in [0.2, 0.25) is 0 Å². The first-order valence-electron chi connectivity index (χ1n) is 8.96. The summed E-state index contributed by atoms with van der Waals surface area (Å²) in [5.74, 6) is 0. The van der Waals surface area contributed by atoms with Crippen molar-refractivity contribution in [3.8, 4) is 0 Å². The van der Waals surface area contributed by atoms with Crippen molar-refractivity contribution in [2.75, 3.05) is 0 Å². The Morgan fingerprint density at radius 3 is 1.67 bits per heavy atom. The van der Waals surface area contributed by atoms with Crippen LogP contribution in [0.25, 0.3) is 0 Å². The van der Waals surface area contributed by atoms with E-state index in [9.17, 15) is 0 Å². The Kier molecular flexibility index (Phi) is 11.0. The fourth-order valence-electron chi connectivity index (χ4n) is 3.53. The molecule has 0 radical (unpaired) electrons. The number of allylic oxidation sites excluding steroid dienone is 3. The Morgan fingerprint density at radius 2 is 1.33 bits per heavy atom. The summed E-state index contributed by atoms with van der Waals surface area (Å²) in [6, 6.07) is 23.0. The van der Waals surface area contributed by atoms with Gasteiger partial charge in [-0.25, -0.2) is 0 Å². The van der Waals surface area contributed by atoms with Crippen LogP contribution in [0.2, 0.25) is 6.04 Å². The first-order chi connectivity index (χ1) is 11.7. The SMILES string of the molecule is C=C(C)C=C(C)C[Si](NC(C)(C)C)(c1ccccc1)c1ccccc1.[H-].[H-].[Li+].[Li+]. The number of benzene rings is 2. The zero-order chi connectivity index (χ0) is 18.5. The van der Waals surface area contributed by atoms with Gasteiger partial charge >= 0.3 is 37.7 Å². The molecule has 0 aliphatic rings. The maximum atomic E-state index is 4.07. The first-order valence-corrected chi connectivity index (χ1v) is 11.2. The van der Waals surface area contributed by atoms with Crippen molar-refractivity contribution in [3.05, 3.63) is 84.5 Å². The topological polar surface area (TPSA) is 12.0 Å². The van der Waals surface area contributed by atoms with Gasteiger partial charge in [-0.15, -0.1) is 0 Å². The molecule has 0 heterocycles. The van der Waals surface area contributed by atoms with E-state index in [2.05, 4.69) is 113 Å². The molecule has 2 aromatic rings. The molecule has 0 amide bonds. The van der Waals surface area contributed by atoms with Crippen molar-refractivity contribution in [1.29, 1.82) is 0 Å². The third-order valence-corrected chi connectivity index (χ3v) is 9.06. The molecule has 0 aliphatic carbocycles. The van der Waals surface area contributed by atoms with Crippen molar-refractivity contribution in [3.63, 3.8) is 0 Å². The molecular weight excluding hydrogens is 332 g/mol. The molecule has 2 aromatic carbocycles. The van der Waals surface area contributed by atoms with E-state index >= 15 is 0 Å². The summed E-state index contributed by atoms with van der Waals surface area (Å²) in [7, 11) is -2.17. The summed E-state index contributed by atoms with van der Waals surface area (Å²) >= 11 is 0.